The second-order valence-corrected chi connectivity index (χ2v) is 5.23. The van der Waals surface area contributed by atoms with Crippen molar-refractivity contribution in [3.63, 3.8) is 0 Å². The van der Waals surface area contributed by atoms with E-state index in [0.717, 1.165) is 17.3 Å². The molecule has 0 saturated heterocycles. The van der Waals surface area contributed by atoms with Crippen molar-refractivity contribution in [2.24, 2.45) is 5.73 Å². The molecule has 6 heteroatoms. The number of hydrogen-bond donors (Lipinski definition) is 1. The van der Waals surface area contributed by atoms with Crippen molar-refractivity contribution in [2.45, 2.75) is 12.7 Å². The lowest BCUT2D eigenvalue weighted by Crippen LogP contribution is -2.05. The van der Waals surface area contributed by atoms with Gasteiger partial charge in [0.1, 0.15) is 11.6 Å². The quantitative estimate of drug-likeness (QED) is 0.682. The van der Waals surface area contributed by atoms with Crippen LogP contribution in [0, 0.1) is 11.3 Å². The molecule has 1 aromatic rings. The first-order valence-corrected chi connectivity index (χ1v) is 6.68. The van der Waals surface area contributed by atoms with Crippen molar-refractivity contribution >= 4 is 40.7 Å². The van der Waals surface area contributed by atoms with Crippen LogP contribution in [0.5, 0.6) is 0 Å². The maximum Gasteiger partial charge on any atom is 0.172 e. The van der Waals surface area contributed by atoms with Gasteiger partial charge < -0.3 is 5.73 Å². The molecular weight excluding hydrogens is 291 g/mol. The molecule has 1 rings (SSSR count). The third-order valence-electron chi connectivity index (χ3n) is 2.14. The van der Waals surface area contributed by atoms with E-state index in [9.17, 15) is 4.79 Å². The number of nitrogens with zero attached hydrogens (tertiary/aromatic N) is 1. The Labute approximate surface area is 120 Å². The molecule has 0 aliphatic carbocycles. The number of nitrogens with two attached hydrogens (primary N) is 1. The highest BCUT2D eigenvalue weighted by molar-refractivity contribution is 8.02. The predicted molar refractivity (Wildman–Crippen MR) is 75.3 cm³/mol. The van der Waals surface area contributed by atoms with Crippen LogP contribution in [0.4, 0.5) is 0 Å². The first kappa shape index (κ1) is 14.9. The molecule has 0 aliphatic rings. The smallest absolute Gasteiger partial charge is 0.172 e. The van der Waals surface area contributed by atoms with Crippen LogP contribution in [0.3, 0.4) is 0 Å². The van der Waals surface area contributed by atoms with Crippen LogP contribution in [0.25, 0.3) is 0 Å². The van der Waals surface area contributed by atoms with Crippen molar-refractivity contribution in [1.29, 1.82) is 5.26 Å². The van der Waals surface area contributed by atoms with Gasteiger partial charge in [0.2, 0.25) is 0 Å². The fourth-order valence-electron chi connectivity index (χ4n) is 1.20. The van der Waals surface area contributed by atoms with Crippen LogP contribution in [0.2, 0.25) is 10.0 Å². The normalized spacial score (nSPS) is 11.7. The summed E-state index contributed by atoms with van der Waals surface area (Å²) in [6.45, 7) is 1.30. The Morgan fingerprint density at radius 2 is 2.00 bits per heavy atom. The van der Waals surface area contributed by atoms with Crippen molar-refractivity contribution in [3.05, 3.63) is 44.4 Å². The van der Waals surface area contributed by atoms with E-state index >= 15 is 0 Å². The van der Waals surface area contributed by atoms with Crippen molar-refractivity contribution in [1.82, 2.24) is 0 Å². The second-order valence-electron chi connectivity index (χ2n) is 3.40. The largest absolute Gasteiger partial charge is 0.392 e. The Hall–Kier alpha value is -1.15. The minimum atomic E-state index is -0.354. The summed E-state index contributed by atoms with van der Waals surface area (Å²) in [5, 5.41) is 10.0. The Bertz CT molecular complexity index is 529. The number of rotatable bonds is 4. The molecule has 1 aromatic carbocycles. The Balaban J connectivity index is 2.90. The molecule has 0 aliphatic heterocycles. The average Bonchev–Trinajstić information content (AvgIpc) is 2.28. The molecule has 0 saturated carbocycles. The molecule has 0 spiro atoms. The summed E-state index contributed by atoms with van der Waals surface area (Å²) in [6, 6.07) is 6.97. The number of carbonyl (C=O) groups is 1. The Morgan fingerprint density at radius 1 is 1.44 bits per heavy atom. The highest BCUT2D eigenvalue weighted by atomic mass is 35.5. The molecular formula is C12H10Cl2N2OS. The van der Waals surface area contributed by atoms with Gasteiger partial charge in [0.05, 0.1) is 5.03 Å². The molecule has 0 amide bonds. The number of ketones is 1. The van der Waals surface area contributed by atoms with Gasteiger partial charge in [0.15, 0.2) is 5.78 Å². The summed E-state index contributed by atoms with van der Waals surface area (Å²) in [6.07, 6.45) is 0. The van der Waals surface area contributed by atoms with E-state index in [1.165, 1.54) is 6.92 Å². The van der Waals surface area contributed by atoms with Crippen molar-refractivity contribution in [2.75, 3.05) is 0 Å². The summed E-state index contributed by atoms with van der Waals surface area (Å²) < 4.78 is 0. The molecule has 0 atom stereocenters. The van der Waals surface area contributed by atoms with Gasteiger partial charge in [-0.3, -0.25) is 4.79 Å². The van der Waals surface area contributed by atoms with E-state index in [0.29, 0.717) is 15.8 Å². The van der Waals surface area contributed by atoms with Gasteiger partial charge in [0, 0.05) is 15.8 Å². The summed E-state index contributed by atoms with van der Waals surface area (Å²) >= 11 is 13.2. The first-order valence-electron chi connectivity index (χ1n) is 4.93. The van der Waals surface area contributed by atoms with E-state index < -0.39 is 0 Å². The van der Waals surface area contributed by atoms with Crippen LogP contribution in [0.1, 0.15) is 12.5 Å². The lowest BCUT2D eigenvalue weighted by Gasteiger charge is -2.07. The zero-order valence-corrected chi connectivity index (χ0v) is 11.9. The molecule has 0 bridgehead atoms. The van der Waals surface area contributed by atoms with Gasteiger partial charge in [-0.2, -0.15) is 5.26 Å². The molecule has 18 heavy (non-hydrogen) atoms. The summed E-state index contributed by atoms with van der Waals surface area (Å²) in [5.41, 5.74) is 6.38. The van der Waals surface area contributed by atoms with Crippen LogP contribution in [-0.2, 0) is 10.5 Å². The van der Waals surface area contributed by atoms with Gasteiger partial charge >= 0.3 is 0 Å². The number of halogens is 2. The molecule has 3 nitrogen and oxygen atoms in total. The van der Waals surface area contributed by atoms with E-state index in [1.807, 2.05) is 0 Å². The maximum absolute atomic E-state index is 11.1. The second kappa shape index (κ2) is 6.69. The number of thioether (sulfide) groups is 1. The predicted octanol–water partition coefficient (Wildman–Crippen LogP) is 3.51. The zero-order chi connectivity index (χ0) is 13.7. The summed E-state index contributed by atoms with van der Waals surface area (Å²) in [7, 11) is 0. The number of hydrogen-bond acceptors (Lipinski definition) is 4. The SMILES string of the molecule is CC(=O)C(C#N)=C(N)SCc1c(Cl)cccc1Cl. The first-order chi connectivity index (χ1) is 8.47. The summed E-state index contributed by atoms with van der Waals surface area (Å²) in [4.78, 5) is 11.1. The van der Waals surface area contributed by atoms with Crippen molar-refractivity contribution in [3.8, 4) is 6.07 Å². The van der Waals surface area contributed by atoms with Gasteiger partial charge in [-0.25, -0.2) is 0 Å². The molecule has 0 fully saturated rings. The lowest BCUT2D eigenvalue weighted by atomic mass is 10.2. The monoisotopic (exact) mass is 300 g/mol. The van der Waals surface area contributed by atoms with E-state index in [1.54, 1.807) is 24.3 Å². The topological polar surface area (TPSA) is 66.9 Å². The third kappa shape index (κ3) is 3.67. The van der Waals surface area contributed by atoms with Gasteiger partial charge in [-0.15, -0.1) is 11.8 Å². The van der Waals surface area contributed by atoms with Crippen LogP contribution < -0.4 is 5.73 Å². The minimum absolute atomic E-state index is 0.0387. The zero-order valence-electron chi connectivity index (χ0n) is 9.54. The molecule has 0 heterocycles. The van der Waals surface area contributed by atoms with Crippen molar-refractivity contribution < 1.29 is 4.79 Å². The fraction of sp³-hybridized carbons (Fsp3) is 0.167. The van der Waals surface area contributed by atoms with Crippen LogP contribution in [0.15, 0.2) is 28.8 Å². The van der Waals surface area contributed by atoms with Gasteiger partial charge in [0.25, 0.3) is 0 Å². The van der Waals surface area contributed by atoms with Gasteiger partial charge in [-0.05, 0) is 24.6 Å². The maximum atomic E-state index is 11.1. The van der Waals surface area contributed by atoms with Crippen LogP contribution >= 0.6 is 35.0 Å². The number of allylic oxidation sites excluding steroid dienone is 1. The molecule has 2 N–H and O–H groups in total. The Morgan fingerprint density at radius 3 is 2.44 bits per heavy atom. The van der Waals surface area contributed by atoms with Gasteiger partial charge in [-0.1, -0.05) is 29.3 Å². The number of nitriles is 1. The van der Waals surface area contributed by atoms with E-state index in [2.05, 4.69) is 0 Å². The number of carbonyl (C=O) groups excluding carboxylic acids is 1. The summed E-state index contributed by atoms with van der Waals surface area (Å²) in [5.74, 6) is 0.0516. The highest BCUT2D eigenvalue weighted by Gasteiger charge is 2.11. The Kier molecular flexibility index (Phi) is 5.54. The van der Waals surface area contributed by atoms with E-state index in [-0.39, 0.29) is 16.4 Å². The fourth-order valence-corrected chi connectivity index (χ4v) is 2.83. The standard InChI is InChI=1S/C12H10Cl2N2OS/c1-7(17)8(5-15)12(16)18-6-9-10(13)3-2-4-11(9)14/h2-4H,6,16H2,1H3. The molecule has 0 radical (unpaired) electrons. The number of Topliss-reactive ketones (excluding diaryl/α,β-unsaturated/α-hetero) is 1. The minimum Gasteiger partial charge on any atom is -0.392 e. The highest BCUT2D eigenvalue weighted by Crippen LogP contribution is 2.30. The molecule has 0 unspecified atom stereocenters. The number of benzene rings is 1. The van der Waals surface area contributed by atoms with Crippen LogP contribution in [-0.4, -0.2) is 5.78 Å². The third-order valence-corrected chi connectivity index (χ3v) is 3.80. The molecule has 94 valence electrons. The molecule has 0 aromatic heterocycles. The average molecular weight is 301 g/mol. The van der Waals surface area contributed by atoms with E-state index in [4.69, 9.17) is 34.2 Å². The lowest BCUT2D eigenvalue weighted by molar-refractivity contribution is -0.113.